The van der Waals surface area contributed by atoms with Crippen molar-refractivity contribution in [2.75, 3.05) is 26.9 Å². The highest BCUT2D eigenvalue weighted by atomic mass is 16.6. The molecule has 1 aliphatic rings. The van der Waals surface area contributed by atoms with E-state index in [9.17, 15) is 4.79 Å². The van der Waals surface area contributed by atoms with Crippen molar-refractivity contribution < 1.29 is 14.3 Å². The molecule has 1 atom stereocenters. The molecule has 15 heavy (non-hydrogen) atoms. The molecule has 0 aromatic rings. The maximum absolute atomic E-state index is 11.7. The predicted molar refractivity (Wildman–Crippen MR) is 57.9 cm³/mol. The molecule has 1 rings (SSSR count). The zero-order valence-electron chi connectivity index (χ0n) is 9.70. The van der Waals surface area contributed by atoms with Crippen molar-refractivity contribution in [1.29, 1.82) is 0 Å². The molecule has 0 aliphatic carbocycles. The maximum Gasteiger partial charge on any atom is 0.410 e. The van der Waals surface area contributed by atoms with Gasteiger partial charge in [0.1, 0.15) is 0 Å². The second-order valence-corrected chi connectivity index (χ2v) is 3.91. The number of carbonyl (C=O) groups is 1. The molecule has 4 heteroatoms. The molecular weight excluding hydrogens is 194 g/mol. The third-order valence-corrected chi connectivity index (χ3v) is 2.69. The number of nitrogens with zero attached hydrogens (tertiary/aromatic N) is 1. The number of methoxy groups -OCH3 is 1. The van der Waals surface area contributed by atoms with Gasteiger partial charge in [0.05, 0.1) is 19.3 Å². The first kappa shape index (κ1) is 12.3. The van der Waals surface area contributed by atoms with Gasteiger partial charge in [-0.15, -0.1) is 0 Å². The van der Waals surface area contributed by atoms with Gasteiger partial charge in [0.25, 0.3) is 0 Å². The van der Waals surface area contributed by atoms with Crippen LogP contribution >= 0.6 is 0 Å². The van der Waals surface area contributed by atoms with E-state index in [2.05, 4.69) is 6.92 Å². The summed E-state index contributed by atoms with van der Waals surface area (Å²) in [6.45, 7) is 4.03. The largest absolute Gasteiger partial charge is 0.449 e. The van der Waals surface area contributed by atoms with Gasteiger partial charge in [-0.1, -0.05) is 13.3 Å². The van der Waals surface area contributed by atoms with E-state index in [-0.39, 0.29) is 12.1 Å². The summed E-state index contributed by atoms with van der Waals surface area (Å²) < 4.78 is 10.3. The smallest absolute Gasteiger partial charge is 0.410 e. The molecule has 88 valence electrons. The standard InChI is InChI=1S/C11H21NO3/c1-3-4-8-15-11(13)12-7-5-6-10(12)9-14-2/h10H,3-9H2,1-2H3. The minimum Gasteiger partial charge on any atom is -0.449 e. The molecule has 0 bridgehead atoms. The summed E-state index contributed by atoms with van der Waals surface area (Å²) in [4.78, 5) is 13.4. The van der Waals surface area contributed by atoms with Gasteiger partial charge < -0.3 is 14.4 Å². The molecule has 0 aromatic carbocycles. The first-order valence-corrected chi connectivity index (χ1v) is 5.72. The second kappa shape index (κ2) is 6.67. The second-order valence-electron chi connectivity index (χ2n) is 3.91. The van der Waals surface area contributed by atoms with Crippen LogP contribution in [-0.4, -0.2) is 43.9 Å². The van der Waals surface area contributed by atoms with Gasteiger partial charge in [0.2, 0.25) is 0 Å². The van der Waals surface area contributed by atoms with Crippen LogP contribution in [0, 0.1) is 0 Å². The van der Waals surface area contributed by atoms with Gasteiger partial charge in [-0.25, -0.2) is 4.79 Å². The molecule has 0 radical (unpaired) electrons. The Kier molecular flexibility index (Phi) is 5.47. The average molecular weight is 215 g/mol. The normalized spacial score (nSPS) is 20.7. The van der Waals surface area contributed by atoms with Gasteiger partial charge >= 0.3 is 6.09 Å². The molecule has 4 nitrogen and oxygen atoms in total. The van der Waals surface area contributed by atoms with Crippen molar-refractivity contribution in [3.63, 3.8) is 0 Å². The number of amides is 1. The number of hydrogen-bond acceptors (Lipinski definition) is 3. The third-order valence-electron chi connectivity index (χ3n) is 2.69. The van der Waals surface area contributed by atoms with Gasteiger partial charge in [-0.2, -0.15) is 0 Å². The van der Waals surface area contributed by atoms with Crippen LogP contribution < -0.4 is 0 Å². The Morgan fingerprint density at radius 1 is 1.53 bits per heavy atom. The molecular formula is C11H21NO3. The maximum atomic E-state index is 11.7. The third kappa shape index (κ3) is 3.70. The van der Waals surface area contributed by atoms with Crippen molar-refractivity contribution in [2.24, 2.45) is 0 Å². The van der Waals surface area contributed by atoms with E-state index in [4.69, 9.17) is 9.47 Å². The molecule has 0 aromatic heterocycles. The summed E-state index contributed by atoms with van der Waals surface area (Å²) in [7, 11) is 1.67. The van der Waals surface area contributed by atoms with E-state index >= 15 is 0 Å². The highest BCUT2D eigenvalue weighted by Crippen LogP contribution is 2.18. The van der Waals surface area contributed by atoms with Crippen LogP contribution in [0.1, 0.15) is 32.6 Å². The summed E-state index contributed by atoms with van der Waals surface area (Å²) in [5.74, 6) is 0. The van der Waals surface area contributed by atoms with E-state index in [1.54, 1.807) is 12.0 Å². The van der Waals surface area contributed by atoms with Crippen LogP contribution in [0.15, 0.2) is 0 Å². The van der Waals surface area contributed by atoms with Gasteiger partial charge in [0, 0.05) is 13.7 Å². The highest BCUT2D eigenvalue weighted by Gasteiger charge is 2.29. The SMILES string of the molecule is CCCCOC(=O)N1CCCC1COC. The Bertz CT molecular complexity index is 196. The fraction of sp³-hybridized carbons (Fsp3) is 0.909. The fourth-order valence-electron chi connectivity index (χ4n) is 1.83. The van der Waals surface area contributed by atoms with E-state index in [0.29, 0.717) is 13.2 Å². The van der Waals surface area contributed by atoms with Crippen LogP contribution in [0.3, 0.4) is 0 Å². The number of likely N-dealkylation sites (tertiary alicyclic amines) is 1. The van der Waals surface area contributed by atoms with Crippen LogP contribution in [0.4, 0.5) is 4.79 Å². The average Bonchev–Trinajstić information content (AvgIpc) is 2.67. The summed E-state index contributed by atoms with van der Waals surface area (Å²) in [6.07, 6.45) is 3.89. The number of ether oxygens (including phenoxy) is 2. The first-order chi connectivity index (χ1) is 7.29. The number of hydrogen-bond donors (Lipinski definition) is 0. The molecule has 1 aliphatic heterocycles. The Hall–Kier alpha value is -0.770. The Morgan fingerprint density at radius 3 is 3.00 bits per heavy atom. The number of carbonyl (C=O) groups excluding carboxylic acids is 1. The molecule has 0 N–H and O–H groups in total. The van der Waals surface area contributed by atoms with E-state index in [0.717, 1.165) is 32.2 Å². The lowest BCUT2D eigenvalue weighted by Crippen LogP contribution is -2.38. The minimum atomic E-state index is -0.178. The Labute approximate surface area is 91.5 Å². The lowest BCUT2D eigenvalue weighted by atomic mass is 10.2. The van der Waals surface area contributed by atoms with Gasteiger partial charge in [-0.3, -0.25) is 0 Å². The monoisotopic (exact) mass is 215 g/mol. The zero-order chi connectivity index (χ0) is 11.1. The highest BCUT2D eigenvalue weighted by molar-refractivity contribution is 5.68. The summed E-state index contributed by atoms with van der Waals surface area (Å²) >= 11 is 0. The molecule has 1 amide bonds. The summed E-state index contributed by atoms with van der Waals surface area (Å²) in [5.41, 5.74) is 0. The topological polar surface area (TPSA) is 38.8 Å². The predicted octanol–water partition coefficient (Wildman–Crippen LogP) is 2.03. The van der Waals surface area contributed by atoms with Crippen LogP contribution in [0.25, 0.3) is 0 Å². The molecule has 0 spiro atoms. The van der Waals surface area contributed by atoms with Crippen LogP contribution in [0.5, 0.6) is 0 Å². The quantitative estimate of drug-likeness (QED) is 0.659. The lowest BCUT2D eigenvalue weighted by Gasteiger charge is -2.23. The molecule has 1 unspecified atom stereocenters. The lowest BCUT2D eigenvalue weighted by molar-refractivity contribution is 0.0735. The van der Waals surface area contributed by atoms with Gasteiger partial charge in [-0.05, 0) is 19.3 Å². The van der Waals surface area contributed by atoms with Crippen molar-refractivity contribution in [2.45, 2.75) is 38.6 Å². The molecule has 1 heterocycles. The van der Waals surface area contributed by atoms with Crippen LogP contribution in [0.2, 0.25) is 0 Å². The van der Waals surface area contributed by atoms with Crippen molar-refractivity contribution in [3.8, 4) is 0 Å². The summed E-state index contributed by atoms with van der Waals surface area (Å²) in [6, 6.07) is 0.212. The van der Waals surface area contributed by atoms with Crippen molar-refractivity contribution in [1.82, 2.24) is 4.90 Å². The van der Waals surface area contributed by atoms with Gasteiger partial charge in [0.15, 0.2) is 0 Å². The Balaban J connectivity index is 2.30. The number of rotatable bonds is 5. The molecule has 0 saturated carbocycles. The first-order valence-electron chi connectivity index (χ1n) is 5.72. The Morgan fingerprint density at radius 2 is 2.33 bits per heavy atom. The minimum absolute atomic E-state index is 0.178. The van der Waals surface area contributed by atoms with Crippen LogP contribution in [-0.2, 0) is 9.47 Å². The number of unbranched alkanes of at least 4 members (excludes halogenated alkanes) is 1. The molecule has 1 fully saturated rings. The van der Waals surface area contributed by atoms with Crippen molar-refractivity contribution >= 4 is 6.09 Å². The molecule has 1 saturated heterocycles. The van der Waals surface area contributed by atoms with E-state index < -0.39 is 0 Å². The van der Waals surface area contributed by atoms with E-state index in [1.807, 2.05) is 0 Å². The zero-order valence-corrected chi connectivity index (χ0v) is 9.70. The van der Waals surface area contributed by atoms with E-state index in [1.165, 1.54) is 0 Å². The van der Waals surface area contributed by atoms with Crippen molar-refractivity contribution in [3.05, 3.63) is 0 Å². The fourth-order valence-corrected chi connectivity index (χ4v) is 1.83. The summed E-state index contributed by atoms with van der Waals surface area (Å²) in [5, 5.41) is 0.